The van der Waals surface area contributed by atoms with Crippen molar-refractivity contribution in [3.8, 4) is 0 Å². The zero-order chi connectivity index (χ0) is 18.6. The molecule has 2 aromatic rings. The van der Waals surface area contributed by atoms with Crippen LogP contribution in [-0.2, 0) is 14.8 Å². The van der Waals surface area contributed by atoms with Crippen molar-refractivity contribution < 1.29 is 17.6 Å². The van der Waals surface area contributed by atoms with Crippen molar-refractivity contribution in [3.05, 3.63) is 64.9 Å². The van der Waals surface area contributed by atoms with Crippen LogP contribution in [0.2, 0.25) is 5.02 Å². The van der Waals surface area contributed by atoms with Gasteiger partial charge in [-0.25, -0.2) is 12.8 Å². The average molecular weight is 385 g/mol. The van der Waals surface area contributed by atoms with Crippen LogP contribution in [0.3, 0.4) is 0 Å². The summed E-state index contributed by atoms with van der Waals surface area (Å²) in [6.45, 7) is 3.22. The lowest BCUT2D eigenvalue weighted by Gasteiger charge is -2.19. The van der Waals surface area contributed by atoms with E-state index in [9.17, 15) is 17.6 Å². The molecule has 0 heterocycles. The minimum absolute atomic E-state index is 0.112. The van der Waals surface area contributed by atoms with Gasteiger partial charge >= 0.3 is 0 Å². The van der Waals surface area contributed by atoms with Crippen molar-refractivity contribution in [2.45, 2.75) is 30.8 Å². The molecule has 2 unspecified atom stereocenters. The number of hydrogen-bond donors (Lipinski definition) is 2. The molecule has 2 N–H and O–H groups in total. The first-order chi connectivity index (χ1) is 11.7. The summed E-state index contributed by atoms with van der Waals surface area (Å²) in [7, 11) is -3.92. The molecule has 0 spiro atoms. The second-order valence-electron chi connectivity index (χ2n) is 5.58. The van der Waals surface area contributed by atoms with E-state index in [4.69, 9.17) is 11.6 Å². The third-order valence-corrected chi connectivity index (χ3v) is 5.39. The lowest BCUT2D eigenvalue weighted by atomic mass is 10.1. The van der Waals surface area contributed by atoms with Gasteiger partial charge < -0.3 is 5.32 Å². The number of nitrogens with one attached hydrogen (secondary N) is 2. The maximum Gasteiger partial charge on any atom is 0.241 e. The van der Waals surface area contributed by atoms with Gasteiger partial charge in [0.05, 0.1) is 17.0 Å². The molecule has 0 aliphatic carbocycles. The molecule has 0 aromatic heterocycles. The summed E-state index contributed by atoms with van der Waals surface area (Å²) < 4.78 is 39.6. The number of rotatable bonds is 6. The molecular formula is C17H18ClFN2O3S. The third-order valence-electron chi connectivity index (χ3n) is 3.58. The summed E-state index contributed by atoms with van der Waals surface area (Å²) in [5.74, 6) is -1.02. The predicted molar refractivity (Wildman–Crippen MR) is 94.2 cm³/mol. The first-order valence-electron chi connectivity index (χ1n) is 7.53. The Balaban J connectivity index is 2.01. The summed E-state index contributed by atoms with van der Waals surface area (Å²) in [5.41, 5.74) is 0.839. The number of amides is 1. The molecule has 2 aromatic carbocycles. The molecule has 0 saturated carbocycles. The predicted octanol–water partition coefficient (Wildman–Crippen LogP) is 3.02. The maximum atomic E-state index is 12.9. The van der Waals surface area contributed by atoms with Gasteiger partial charge in [0.15, 0.2) is 0 Å². The van der Waals surface area contributed by atoms with E-state index in [1.165, 1.54) is 6.92 Å². The zero-order valence-corrected chi connectivity index (χ0v) is 15.2. The van der Waals surface area contributed by atoms with Gasteiger partial charge in [0.25, 0.3) is 0 Å². The van der Waals surface area contributed by atoms with Gasteiger partial charge in [-0.1, -0.05) is 23.7 Å². The monoisotopic (exact) mass is 384 g/mol. The Hall–Kier alpha value is -1.96. The Labute approximate surface area is 151 Å². The van der Waals surface area contributed by atoms with Crippen molar-refractivity contribution in [3.63, 3.8) is 0 Å². The highest BCUT2D eigenvalue weighted by atomic mass is 35.5. The fraction of sp³-hybridized carbons (Fsp3) is 0.235. The Morgan fingerprint density at radius 3 is 2.16 bits per heavy atom. The van der Waals surface area contributed by atoms with E-state index >= 15 is 0 Å². The van der Waals surface area contributed by atoms with Crippen molar-refractivity contribution in [2.24, 2.45) is 0 Å². The molecule has 2 atom stereocenters. The van der Waals surface area contributed by atoms with Crippen LogP contribution >= 0.6 is 11.6 Å². The average Bonchev–Trinajstić information content (AvgIpc) is 2.55. The minimum atomic E-state index is -3.92. The lowest BCUT2D eigenvalue weighted by Crippen LogP contribution is -2.45. The summed E-state index contributed by atoms with van der Waals surface area (Å²) >= 11 is 5.83. The molecule has 5 nitrogen and oxygen atoms in total. The van der Waals surface area contributed by atoms with Crippen LogP contribution in [0.5, 0.6) is 0 Å². The molecule has 0 aliphatic heterocycles. The van der Waals surface area contributed by atoms with Crippen LogP contribution in [0.15, 0.2) is 53.4 Å². The van der Waals surface area contributed by atoms with Crippen molar-refractivity contribution in [1.29, 1.82) is 0 Å². The van der Waals surface area contributed by atoms with Gasteiger partial charge in [-0.2, -0.15) is 4.72 Å². The van der Waals surface area contributed by atoms with Crippen LogP contribution in [0.4, 0.5) is 4.39 Å². The van der Waals surface area contributed by atoms with E-state index in [0.29, 0.717) is 5.02 Å². The third kappa shape index (κ3) is 5.26. The quantitative estimate of drug-likeness (QED) is 0.803. The van der Waals surface area contributed by atoms with Gasteiger partial charge in [0, 0.05) is 5.02 Å². The molecule has 0 bridgehead atoms. The molecule has 0 fully saturated rings. The highest BCUT2D eigenvalue weighted by Crippen LogP contribution is 2.16. The zero-order valence-electron chi connectivity index (χ0n) is 13.7. The Morgan fingerprint density at radius 2 is 1.60 bits per heavy atom. The largest absolute Gasteiger partial charge is 0.348 e. The molecule has 0 radical (unpaired) electrons. The number of hydrogen-bond acceptors (Lipinski definition) is 3. The fourth-order valence-electron chi connectivity index (χ4n) is 2.14. The summed E-state index contributed by atoms with van der Waals surface area (Å²) in [6, 6.07) is 10.0. The first kappa shape index (κ1) is 19.4. The van der Waals surface area contributed by atoms with E-state index < -0.39 is 27.8 Å². The van der Waals surface area contributed by atoms with E-state index in [1.807, 2.05) is 0 Å². The maximum absolute atomic E-state index is 12.9. The molecule has 134 valence electrons. The molecule has 25 heavy (non-hydrogen) atoms. The van der Waals surface area contributed by atoms with Crippen molar-refractivity contribution >= 4 is 27.5 Å². The van der Waals surface area contributed by atoms with Crippen LogP contribution in [0, 0.1) is 5.82 Å². The molecule has 8 heteroatoms. The lowest BCUT2D eigenvalue weighted by molar-refractivity contribution is -0.123. The molecular weight excluding hydrogens is 367 g/mol. The van der Waals surface area contributed by atoms with Crippen LogP contribution < -0.4 is 10.0 Å². The summed E-state index contributed by atoms with van der Waals surface area (Å²) in [5, 5.41) is 3.32. The van der Waals surface area contributed by atoms with Crippen molar-refractivity contribution in [2.75, 3.05) is 0 Å². The number of halogens is 2. The van der Waals surface area contributed by atoms with Gasteiger partial charge in [-0.05, 0) is 55.8 Å². The van der Waals surface area contributed by atoms with Crippen LogP contribution in [0.1, 0.15) is 25.5 Å². The Bertz CT molecular complexity index is 839. The molecule has 0 aliphatic rings. The van der Waals surface area contributed by atoms with Gasteiger partial charge in [0.1, 0.15) is 5.82 Å². The highest BCUT2D eigenvalue weighted by molar-refractivity contribution is 7.89. The Morgan fingerprint density at radius 1 is 1.04 bits per heavy atom. The summed E-state index contributed by atoms with van der Waals surface area (Å²) in [4.78, 5) is 12.1. The van der Waals surface area contributed by atoms with Crippen LogP contribution in [-0.4, -0.2) is 20.4 Å². The fourth-order valence-corrected chi connectivity index (χ4v) is 3.47. The molecule has 2 rings (SSSR count). The SMILES string of the molecule is CC(NS(=O)(=O)c1ccc(F)cc1)C(=O)NC(C)c1ccc(Cl)cc1. The van der Waals surface area contributed by atoms with Crippen LogP contribution in [0.25, 0.3) is 0 Å². The number of carbonyl (C=O) groups is 1. The van der Waals surface area contributed by atoms with E-state index in [2.05, 4.69) is 10.0 Å². The topological polar surface area (TPSA) is 75.3 Å². The highest BCUT2D eigenvalue weighted by Gasteiger charge is 2.23. The summed E-state index contributed by atoms with van der Waals surface area (Å²) in [6.07, 6.45) is 0. The standard InChI is InChI=1S/C17H18ClFN2O3S/c1-11(13-3-5-14(18)6-4-13)20-17(22)12(2)21-25(23,24)16-9-7-15(19)8-10-16/h3-12,21H,1-2H3,(H,20,22). The molecule has 0 saturated heterocycles. The second-order valence-corrected chi connectivity index (χ2v) is 7.73. The normalized spacial score (nSPS) is 13.9. The van der Waals surface area contributed by atoms with Gasteiger partial charge in [-0.3, -0.25) is 4.79 Å². The van der Waals surface area contributed by atoms with Crippen molar-refractivity contribution in [1.82, 2.24) is 10.0 Å². The second kappa shape index (κ2) is 7.95. The number of benzene rings is 2. The smallest absolute Gasteiger partial charge is 0.241 e. The number of sulfonamides is 1. The van der Waals surface area contributed by atoms with E-state index in [-0.39, 0.29) is 10.9 Å². The minimum Gasteiger partial charge on any atom is -0.348 e. The van der Waals surface area contributed by atoms with E-state index in [1.54, 1.807) is 31.2 Å². The molecule has 1 amide bonds. The van der Waals surface area contributed by atoms with Gasteiger partial charge in [-0.15, -0.1) is 0 Å². The van der Waals surface area contributed by atoms with E-state index in [0.717, 1.165) is 29.8 Å². The number of carbonyl (C=O) groups excluding carboxylic acids is 1. The first-order valence-corrected chi connectivity index (χ1v) is 9.39. The van der Waals surface area contributed by atoms with Gasteiger partial charge in [0.2, 0.25) is 15.9 Å². The Kier molecular flexibility index (Phi) is 6.16.